The van der Waals surface area contributed by atoms with Crippen LogP contribution < -0.4 is 16.4 Å². The lowest BCUT2D eigenvalue weighted by Gasteiger charge is -2.14. The summed E-state index contributed by atoms with van der Waals surface area (Å²) >= 11 is 1.32. The summed E-state index contributed by atoms with van der Waals surface area (Å²) in [6.45, 7) is 1.22. The number of amides is 1. The van der Waals surface area contributed by atoms with Crippen LogP contribution in [0.1, 0.15) is 17.4 Å². The molecule has 0 fully saturated rings. The SMILES string of the molecule is CSc1ccc(Nc2c(C(=O)NOCC(C)O)nn(C)c(=O)c2F)c(F)c1. The molecule has 1 unspecified atom stereocenters. The Labute approximate surface area is 157 Å². The number of aryl methyl sites for hydroxylation is 1. The third kappa shape index (κ3) is 5.02. The number of hydrogen-bond donors (Lipinski definition) is 3. The van der Waals surface area contributed by atoms with Gasteiger partial charge in [-0.05, 0) is 31.4 Å². The van der Waals surface area contributed by atoms with Gasteiger partial charge in [0.25, 0.3) is 5.91 Å². The molecule has 1 aromatic heterocycles. The number of carbonyl (C=O) groups is 1. The number of rotatable bonds is 7. The van der Waals surface area contributed by atoms with Gasteiger partial charge in [-0.2, -0.15) is 9.49 Å². The second kappa shape index (κ2) is 8.93. The van der Waals surface area contributed by atoms with Gasteiger partial charge >= 0.3 is 5.56 Å². The number of aromatic nitrogens is 2. The smallest absolute Gasteiger partial charge is 0.304 e. The Kier molecular flexibility index (Phi) is 6.88. The number of hydrogen-bond acceptors (Lipinski definition) is 7. The Bertz CT molecular complexity index is 905. The third-order valence-electron chi connectivity index (χ3n) is 3.33. The molecule has 0 saturated heterocycles. The number of aliphatic hydroxyl groups is 1. The first-order valence-corrected chi connectivity index (χ1v) is 8.94. The standard InChI is InChI=1S/C16H18F2N4O4S/c1-8(23)7-26-21-15(24)14-13(12(18)16(25)22(2)20-14)19-11-5-4-9(27-3)6-10(11)17/h4-6,8,19,23H,7H2,1-3H3,(H,21,24). The monoisotopic (exact) mass is 400 g/mol. The molecule has 8 nitrogen and oxygen atoms in total. The first-order valence-electron chi connectivity index (χ1n) is 7.72. The number of halogens is 2. The molecule has 1 heterocycles. The van der Waals surface area contributed by atoms with Crippen molar-refractivity contribution in [2.24, 2.45) is 7.05 Å². The molecular weight excluding hydrogens is 382 g/mol. The molecule has 0 aliphatic carbocycles. The molecule has 0 aliphatic heterocycles. The molecule has 146 valence electrons. The fourth-order valence-electron chi connectivity index (χ4n) is 2.01. The molecule has 2 aromatic rings. The number of carbonyl (C=O) groups excluding carboxylic acids is 1. The fraction of sp³-hybridized carbons (Fsp3) is 0.312. The Morgan fingerprint density at radius 1 is 1.44 bits per heavy atom. The minimum atomic E-state index is -1.30. The van der Waals surface area contributed by atoms with Gasteiger partial charge in [0, 0.05) is 11.9 Å². The van der Waals surface area contributed by atoms with Gasteiger partial charge in [0.2, 0.25) is 5.82 Å². The van der Waals surface area contributed by atoms with Crippen molar-refractivity contribution in [2.45, 2.75) is 17.9 Å². The molecular formula is C16H18F2N4O4S. The van der Waals surface area contributed by atoms with Crippen molar-refractivity contribution in [3.63, 3.8) is 0 Å². The summed E-state index contributed by atoms with van der Waals surface area (Å²) in [5.41, 5.74) is -0.363. The first-order chi connectivity index (χ1) is 12.7. The normalized spacial score (nSPS) is 11.9. The molecule has 1 amide bonds. The summed E-state index contributed by atoms with van der Waals surface area (Å²) in [5.74, 6) is -2.98. The third-order valence-corrected chi connectivity index (χ3v) is 4.05. The van der Waals surface area contributed by atoms with Gasteiger partial charge in [-0.1, -0.05) is 0 Å². The predicted octanol–water partition coefficient (Wildman–Crippen LogP) is 1.57. The molecule has 0 bridgehead atoms. The highest BCUT2D eigenvalue weighted by molar-refractivity contribution is 7.98. The maximum Gasteiger partial charge on any atom is 0.304 e. The second-order valence-corrected chi connectivity index (χ2v) is 6.41. The Balaban J connectivity index is 2.41. The highest BCUT2D eigenvalue weighted by Crippen LogP contribution is 2.26. The predicted molar refractivity (Wildman–Crippen MR) is 96.0 cm³/mol. The van der Waals surface area contributed by atoms with Crippen LogP contribution in [0.5, 0.6) is 0 Å². The van der Waals surface area contributed by atoms with Crippen LogP contribution >= 0.6 is 11.8 Å². The summed E-state index contributed by atoms with van der Waals surface area (Å²) in [5, 5.41) is 15.2. The maximum absolute atomic E-state index is 14.5. The van der Waals surface area contributed by atoms with E-state index in [1.54, 1.807) is 12.3 Å². The van der Waals surface area contributed by atoms with Crippen molar-refractivity contribution in [3.8, 4) is 0 Å². The molecule has 1 atom stereocenters. The molecule has 3 N–H and O–H groups in total. The van der Waals surface area contributed by atoms with E-state index in [0.29, 0.717) is 9.58 Å². The van der Waals surface area contributed by atoms with E-state index in [0.717, 1.165) is 7.05 Å². The average Bonchev–Trinajstić information content (AvgIpc) is 2.62. The van der Waals surface area contributed by atoms with Gasteiger partial charge in [-0.15, -0.1) is 11.8 Å². The minimum absolute atomic E-state index is 0.138. The first kappa shape index (κ1) is 20.8. The average molecular weight is 400 g/mol. The molecule has 0 radical (unpaired) electrons. The molecule has 1 aromatic carbocycles. The lowest BCUT2D eigenvalue weighted by atomic mass is 10.2. The summed E-state index contributed by atoms with van der Waals surface area (Å²) in [4.78, 5) is 29.5. The summed E-state index contributed by atoms with van der Waals surface area (Å²) in [6, 6.07) is 4.17. The zero-order valence-electron chi connectivity index (χ0n) is 14.7. The van der Waals surface area contributed by atoms with Crippen LogP contribution in [0.2, 0.25) is 0 Å². The zero-order valence-corrected chi connectivity index (χ0v) is 15.6. The topological polar surface area (TPSA) is 105 Å². The molecule has 2 rings (SSSR count). The van der Waals surface area contributed by atoms with Crippen LogP contribution in [-0.2, 0) is 11.9 Å². The number of aliphatic hydroxyl groups excluding tert-OH is 1. The summed E-state index contributed by atoms with van der Waals surface area (Å²) < 4.78 is 29.3. The highest BCUT2D eigenvalue weighted by atomic mass is 32.2. The van der Waals surface area contributed by atoms with Gasteiger partial charge in [0.15, 0.2) is 5.69 Å². The molecule has 11 heteroatoms. The molecule has 0 spiro atoms. The highest BCUT2D eigenvalue weighted by Gasteiger charge is 2.23. The van der Waals surface area contributed by atoms with E-state index in [1.807, 2.05) is 5.48 Å². The number of hydroxylamine groups is 1. The summed E-state index contributed by atoms with van der Waals surface area (Å²) in [6.07, 6.45) is 0.916. The summed E-state index contributed by atoms with van der Waals surface area (Å²) in [7, 11) is 1.16. The van der Waals surface area contributed by atoms with Gasteiger partial charge in [0.05, 0.1) is 11.8 Å². The van der Waals surface area contributed by atoms with Crippen LogP contribution in [0.25, 0.3) is 0 Å². The Hall–Kier alpha value is -2.50. The van der Waals surface area contributed by atoms with Gasteiger partial charge in [0.1, 0.15) is 18.1 Å². The van der Waals surface area contributed by atoms with Crippen LogP contribution in [0, 0.1) is 11.6 Å². The van der Waals surface area contributed by atoms with Crippen molar-refractivity contribution >= 4 is 29.0 Å². The fourth-order valence-corrected chi connectivity index (χ4v) is 2.43. The maximum atomic E-state index is 14.5. The Morgan fingerprint density at radius 2 is 2.15 bits per heavy atom. The van der Waals surface area contributed by atoms with E-state index >= 15 is 0 Å². The van der Waals surface area contributed by atoms with Crippen molar-refractivity contribution in [2.75, 3.05) is 18.2 Å². The molecule has 0 aliphatic rings. The van der Waals surface area contributed by atoms with Crippen molar-refractivity contribution in [1.29, 1.82) is 0 Å². The number of nitrogens with zero attached hydrogens (tertiary/aromatic N) is 2. The van der Waals surface area contributed by atoms with E-state index in [4.69, 9.17) is 9.94 Å². The van der Waals surface area contributed by atoms with Crippen molar-refractivity contribution in [3.05, 3.63) is 45.9 Å². The van der Waals surface area contributed by atoms with Crippen molar-refractivity contribution < 1.29 is 23.5 Å². The van der Waals surface area contributed by atoms with E-state index in [-0.39, 0.29) is 12.3 Å². The van der Waals surface area contributed by atoms with Crippen LogP contribution in [0.15, 0.2) is 27.9 Å². The van der Waals surface area contributed by atoms with Crippen molar-refractivity contribution in [1.82, 2.24) is 15.3 Å². The number of nitrogens with one attached hydrogen (secondary N) is 2. The molecule has 27 heavy (non-hydrogen) atoms. The van der Waals surface area contributed by atoms with E-state index in [1.165, 1.54) is 30.8 Å². The lowest BCUT2D eigenvalue weighted by Crippen LogP contribution is -2.33. The van der Waals surface area contributed by atoms with Crippen LogP contribution in [0.3, 0.4) is 0 Å². The lowest BCUT2D eigenvalue weighted by molar-refractivity contribution is -0.00719. The van der Waals surface area contributed by atoms with Crippen LogP contribution in [-0.4, -0.2) is 39.8 Å². The zero-order chi connectivity index (χ0) is 20.1. The van der Waals surface area contributed by atoms with Crippen LogP contribution in [0.4, 0.5) is 20.2 Å². The van der Waals surface area contributed by atoms with E-state index < -0.39 is 40.6 Å². The van der Waals surface area contributed by atoms with Gasteiger partial charge < -0.3 is 10.4 Å². The quantitative estimate of drug-likeness (QED) is 0.479. The van der Waals surface area contributed by atoms with E-state index in [9.17, 15) is 18.4 Å². The minimum Gasteiger partial charge on any atom is -0.391 e. The second-order valence-electron chi connectivity index (χ2n) is 5.53. The number of thioether (sulfide) groups is 1. The number of anilines is 2. The molecule has 0 saturated carbocycles. The largest absolute Gasteiger partial charge is 0.391 e. The van der Waals surface area contributed by atoms with Gasteiger partial charge in [-0.3, -0.25) is 14.4 Å². The van der Waals surface area contributed by atoms with Gasteiger partial charge in [-0.25, -0.2) is 14.6 Å². The number of benzene rings is 1. The van der Waals surface area contributed by atoms with E-state index in [2.05, 4.69) is 10.4 Å². The Morgan fingerprint density at radius 3 is 2.74 bits per heavy atom.